The number of benzene rings is 1. The van der Waals surface area contributed by atoms with Crippen molar-refractivity contribution in [3.8, 4) is 0 Å². The molecule has 3 nitrogen and oxygen atoms in total. The molecule has 0 bridgehead atoms. The molecule has 1 aromatic carbocycles. The summed E-state index contributed by atoms with van der Waals surface area (Å²) in [5.41, 5.74) is 4.66. The smallest absolute Gasteiger partial charge is 0.254 e. The molecule has 3 N–H and O–H groups in total. The van der Waals surface area contributed by atoms with Gasteiger partial charge >= 0.3 is 0 Å². The first-order valence-electron chi connectivity index (χ1n) is 5.28. The summed E-state index contributed by atoms with van der Waals surface area (Å²) in [5, 5.41) is 2.57. The molecule has 0 saturated carbocycles. The van der Waals surface area contributed by atoms with Crippen LogP contribution in [-0.4, -0.2) is 17.5 Å². The van der Waals surface area contributed by atoms with Gasteiger partial charge in [0.25, 0.3) is 5.91 Å². The molecule has 94 valence electrons. The van der Waals surface area contributed by atoms with Gasteiger partial charge in [0.05, 0.1) is 5.56 Å². The first-order chi connectivity index (χ1) is 7.75. The lowest BCUT2D eigenvalue weighted by atomic mass is 9.96. The summed E-state index contributed by atoms with van der Waals surface area (Å²) in [6.45, 7) is 5.15. The van der Waals surface area contributed by atoms with Gasteiger partial charge in [0.2, 0.25) is 0 Å². The zero-order valence-electron chi connectivity index (χ0n) is 10.1. The van der Waals surface area contributed by atoms with Crippen LogP contribution in [0, 0.1) is 11.6 Å². The van der Waals surface area contributed by atoms with Gasteiger partial charge in [-0.25, -0.2) is 8.78 Å². The molecule has 1 aromatic rings. The Bertz CT molecular complexity index is 431. The first kappa shape index (κ1) is 13.6. The summed E-state index contributed by atoms with van der Waals surface area (Å²) in [6, 6.07) is 3.16. The second kappa shape index (κ2) is 4.79. The Kier molecular flexibility index (Phi) is 3.83. The van der Waals surface area contributed by atoms with E-state index in [4.69, 9.17) is 5.73 Å². The van der Waals surface area contributed by atoms with Crippen molar-refractivity contribution in [2.24, 2.45) is 5.73 Å². The summed E-state index contributed by atoms with van der Waals surface area (Å²) in [7, 11) is 0. The maximum Gasteiger partial charge on any atom is 0.254 e. The molecule has 1 unspecified atom stereocenters. The Hall–Kier alpha value is -1.49. The van der Waals surface area contributed by atoms with Crippen molar-refractivity contribution in [1.29, 1.82) is 0 Å². The normalized spacial score (nSPS) is 13.3. The van der Waals surface area contributed by atoms with Gasteiger partial charge in [-0.15, -0.1) is 0 Å². The van der Waals surface area contributed by atoms with Gasteiger partial charge in [-0.2, -0.15) is 0 Å². The number of rotatable bonds is 3. The molecule has 0 fully saturated rings. The summed E-state index contributed by atoms with van der Waals surface area (Å²) in [4.78, 5) is 11.8. The Labute approximate surface area is 99.0 Å². The minimum Gasteiger partial charge on any atom is -0.346 e. The molecule has 0 saturated heterocycles. The van der Waals surface area contributed by atoms with Gasteiger partial charge in [0.15, 0.2) is 11.6 Å². The molecule has 5 heteroatoms. The largest absolute Gasteiger partial charge is 0.346 e. The third-order valence-corrected chi connectivity index (χ3v) is 2.77. The maximum atomic E-state index is 13.4. The Balaban J connectivity index is 2.95. The van der Waals surface area contributed by atoms with Crippen LogP contribution in [0.3, 0.4) is 0 Å². The van der Waals surface area contributed by atoms with E-state index in [1.807, 2.05) is 0 Å². The minimum atomic E-state index is -1.15. The fourth-order valence-electron chi connectivity index (χ4n) is 1.15. The predicted octanol–water partition coefficient (Wildman–Crippen LogP) is 1.82. The minimum absolute atomic E-state index is 0.317. The highest BCUT2D eigenvalue weighted by atomic mass is 19.2. The van der Waals surface area contributed by atoms with Crippen molar-refractivity contribution in [1.82, 2.24) is 5.32 Å². The zero-order valence-corrected chi connectivity index (χ0v) is 10.1. The van der Waals surface area contributed by atoms with Crippen molar-refractivity contribution in [2.75, 3.05) is 0 Å². The number of hydrogen-bond acceptors (Lipinski definition) is 2. The number of halogens is 2. The molecule has 0 radical (unpaired) electrons. The van der Waals surface area contributed by atoms with Crippen LogP contribution in [0.15, 0.2) is 18.2 Å². The standard InChI is InChI=1S/C12H16F2N2O/c1-7(15)12(2,3)16-11(17)8-5-4-6-9(13)10(8)14/h4-7H,15H2,1-3H3,(H,16,17). The second-order valence-electron chi connectivity index (χ2n) is 4.57. The molecule has 17 heavy (non-hydrogen) atoms. The van der Waals surface area contributed by atoms with E-state index < -0.39 is 23.1 Å². The second-order valence-corrected chi connectivity index (χ2v) is 4.57. The van der Waals surface area contributed by atoms with Gasteiger partial charge in [0.1, 0.15) is 0 Å². The van der Waals surface area contributed by atoms with Crippen LogP contribution in [0.4, 0.5) is 8.78 Å². The monoisotopic (exact) mass is 242 g/mol. The molecule has 1 rings (SSSR count). The van der Waals surface area contributed by atoms with Crippen LogP contribution in [0.5, 0.6) is 0 Å². The van der Waals surface area contributed by atoms with E-state index in [1.54, 1.807) is 20.8 Å². The van der Waals surface area contributed by atoms with Crippen molar-refractivity contribution in [2.45, 2.75) is 32.4 Å². The SMILES string of the molecule is CC(N)C(C)(C)NC(=O)c1cccc(F)c1F. The number of amides is 1. The maximum absolute atomic E-state index is 13.4. The van der Waals surface area contributed by atoms with Gasteiger partial charge < -0.3 is 11.1 Å². The number of nitrogens with two attached hydrogens (primary N) is 1. The number of carbonyl (C=O) groups excluding carboxylic acids is 1. The highest BCUT2D eigenvalue weighted by Gasteiger charge is 2.26. The summed E-state index contributed by atoms with van der Waals surface area (Å²) >= 11 is 0. The summed E-state index contributed by atoms with van der Waals surface area (Å²) in [5.74, 6) is -2.87. The lowest BCUT2D eigenvalue weighted by molar-refractivity contribution is 0.0898. The van der Waals surface area contributed by atoms with E-state index in [1.165, 1.54) is 12.1 Å². The van der Waals surface area contributed by atoms with Crippen LogP contribution in [0.2, 0.25) is 0 Å². The van der Waals surface area contributed by atoms with Crippen molar-refractivity contribution < 1.29 is 13.6 Å². The van der Waals surface area contributed by atoms with Crippen LogP contribution in [0.1, 0.15) is 31.1 Å². The van der Waals surface area contributed by atoms with Crippen LogP contribution in [-0.2, 0) is 0 Å². The van der Waals surface area contributed by atoms with Crippen molar-refractivity contribution >= 4 is 5.91 Å². The van der Waals surface area contributed by atoms with E-state index in [-0.39, 0.29) is 11.6 Å². The highest BCUT2D eigenvalue weighted by Crippen LogP contribution is 2.14. The quantitative estimate of drug-likeness (QED) is 0.849. The molecule has 0 heterocycles. The zero-order chi connectivity index (χ0) is 13.2. The van der Waals surface area contributed by atoms with E-state index in [2.05, 4.69) is 5.32 Å². The third kappa shape index (κ3) is 3.00. The number of nitrogens with one attached hydrogen (secondary N) is 1. The fraction of sp³-hybridized carbons (Fsp3) is 0.417. The topological polar surface area (TPSA) is 55.1 Å². The molecule has 0 aliphatic rings. The van der Waals surface area contributed by atoms with Crippen LogP contribution >= 0.6 is 0 Å². The van der Waals surface area contributed by atoms with E-state index in [0.717, 1.165) is 6.07 Å². The van der Waals surface area contributed by atoms with Gasteiger partial charge in [-0.1, -0.05) is 6.07 Å². The van der Waals surface area contributed by atoms with E-state index in [9.17, 15) is 13.6 Å². The van der Waals surface area contributed by atoms with Crippen molar-refractivity contribution in [3.05, 3.63) is 35.4 Å². The molecule has 1 atom stereocenters. The average Bonchev–Trinajstić information content (AvgIpc) is 2.21. The molecular weight excluding hydrogens is 226 g/mol. The lowest BCUT2D eigenvalue weighted by Gasteiger charge is -2.30. The van der Waals surface area contributed by atoms with E-state index in [0.29, 0.717) is 0 Å². The predicted molar refractivity (Wildman–Crippen MR) is 61.6 cm³/mol. The number of carbonyl (C=O) groups is 1. The van der Waals surface area contributed by atoms with Crippen molar-refractivity contribution in [3.63, 3.8) is 0 Å². The Morgan fingerprint density at radius 3 is 2.53 bits per heavy atom. The molecule has 0 spiro atoms. The molecule has 0 aromatic heterocycles. The number of hydrogen-bond donors (Lipinski definition) is 2. The third-order valence-electron chi connectivity index (χ3n) is 2.77. The first-order valence-corrected chi connectivity index (χ1v) is 5.28. The van der Waals surface area contributed by atoms with E-state index >= 15 is 0 Å². The lowest BCUT2D eigenvalue weighted by Crippen LogP contribution is -2.54. The van der Waals surface area contributed by atoms with Gasteiger partial charge in [0, 0.05) is 11.6 Å². The molecule has 0 aliphatic carbocycles. The summed E-state index contributed by atoms with van der Waals surface area (Å²) < 4.78 is 26.3. The summed E-state index contributed by atoms with van der Waals surface area (Å²) in [6.07, 6.45) is 0. The fourth-order valence-corrected chi connectivity index (χ4v) is 1.15. The van der Waals surface area contributed by atoms with Crippen LogP contribution < -0.4 is 11.1 Å². The average molecular weight is 242 g/mol. The van der Waals surface area contributed by atoms with Crippen LogP contribution in [0.25, 0.3) is 0 Å². The van der Waals surface area contributed by atoms with Gasteiger partial charge in [-0.3, -0.25) is 4.79 Å². The highest BCUT2D eigenvalue weighted by molar-refractivity contribution is 5.95. The molecule has 1 amide bonds. The van der Waals surface area contributed by atoms with Gasteiger partial charge in [-0.05, 0) is 32.9 Å². The molecular formula is C12H16F2N2O. The Morgan fingerprint density at radius 1 is 1.41 bits per heavy atom. The Morgan fingerprint density at radius 2 is 2.00 bits per heavy atom. The molecule has 0 aliphatic heterocycles.